The number of nitrogens with two attached hydrogens (primary N) is 1. The molecule has 20 heavy (non-hydrogen) atoms. The van der Waals surface area contributed by atoms with Crippen LogP contribution in [0.4, 0.5) is 21.6 Å². The number of esters is 1. The third kappa shape index (κ3) is 2.88. The summed E-state index contributed by atoms with van der Waals surface area (Å²) in [5.41, 5.74) is 6.83. The molecule has 1 heterocycles. The summed E-state index contributed by atoms with van der Waals surface area (Å²) in [7, 11) is 1.27. The maximum atomic E-state index is 13.2. The maximum Gasteiger partial charge on any atom is 0.340 e. The zero-order valence-corrected chi connectivity index (χ0v) is 12.1. The Morgan fingerprint density at radius 1 is 1.45 bits per heavy atom. The van der Waals surface area contributed by atoms with Gasteiger partial charge in [0.1, 0.15) is 5.82 Å². The highest BCUT2D eigenvalue weighted by Gasteiger charge is 2.14. The van der Waals surface area contributed by atoms with Gasteiger partial charge in [-0.3, -0.25) is 0 Å². The van der Waals surface area contributed by atoms with E-state index in [1.807, 2.05) is 0 Å². The van der Waals surface area contributed by atoms with Crippen molar-refractivity contribution >= 4 is 39.1 Å². The summed E-state index contributed by atoms with van der Waals surface area (Å²) in [5, 5.41) is 2.92. The number of pyridine rings is 1. The van der Waals surface area contributed by atoms with E-state index in [0.29, 0.717) is 16.0 Å². The summed E-state index contributed by atoms with van der Waals surface area (Å²) >= 11 is 3.09. The lowest BCUT2D eigenvalue weighted by Crippen LogP contribution is -2.09. The van der Waals surface area contributed by atoms with Crippen LogP contribution in [-0.2, 0) is 4.74 Å². The average molecular weight is 340 g/mol. The Morgan fingerprint density at radius 3 is 2.85 bits per heavy atom. The number of benzene rings is 1. The van der Waals surface area contributed by atoms with E-state index in [0.717, 1.165) is 0 Å². The Labute approximate surface area is 123 Å². The van der Waals surface area contributed by atoms with Crippen LogP contribution in [0, 0.1) is 5.82 Å². The van der Waals surface area contributed by atoms with Gasteiger partial charge in [-0.15, -0.1) is 0 Å². The van der Waals surface area contributed by atoms with E-state index in [1.54, 1.807) is 6.07 Å². The van der Waals surface area contributed by atoms with E-state index >= 15 is 0 Å². The molecule has 0 unspecified atom stereocenters. The summed E-state index contributed by atoms with van der Waals surface area (Å²) in [4.78, 5) is 15.6. The van der Waals surface area contributed by atoms with Gasteiger partial charge in [0.05, 0.1) is 22.8 Å². The van der Waals surface area contributed by atoms with Crippen molar-refractivity contribution in [3.05, 3.63) is 46.3 Å². The molecule has 0 aliphatic heterocycles. The first-order valence-electron chi connectivity index (χ1n) is 5.57. The fourth-order valence-corrected chi connectivity index (χ4v) is 1.95. The molecule has 1 aromatic carbocycles. The lowest BCUT2D eigenvalue weighted by Gasteiger charge is -2.11. The molecule has 5 nitrogen and oxygen atoms in total. The SMILES string of the molecule is COC(=O)c1ccnc(Nc2ccc(F)c(Br)c2)c1N. The van der Waals surface area contributed by atoms with Gasteiger partial charge in [0.15, 0.2) is 5.82 Å². The smallest absolute Gasteiger partial charge is 0.340 e. The molecule has 0 amide bonds. The van der Waals surface area contributed by atoms with E-state index < -0.39 is 5.97 Å². The molecule has 0 aliphatic rings. The predicted molar refractivity (Wildman–Crippen MR) is 77.4 cm³/mol. The Bertz CT molecular complexity index is 664. The van der Waals surface area contributed by atoms with Crippen molar-refractivity contribution in [2.45, 2.75) is 0 Å². The van der Waals surface area contributed by atoms with Crippen LogP contribution in [-0.4, -0.2) is 18.1 Å². The summed E-state index contributed by atoms with van der Waals surface area (Å²) in [6.45, 7) is 0. The van der Waals surface area contributed by atoms with Crippen molar-refractivity contribution in [1.29, 1.82) is 0 Å². The molecule has 0 spiro atoms. The Balaban J connectivity index is 2.34. The van der Waals surface area contributed by atoms with Crippen molar-refractivity contribution < 1.29 is 13.9 Å². The first kappa shape index (κ1) is 14.3. The number of rotatable bonds is 3. The largest absolute Gasteiger partial charge is 0.465 e. The quantitative estimate of drug-likeness (QED) is 0.840. The molecule has 0 bridgehead atoms. The molecule has 2 aromatic rings. The number of carbonyl (C=O) groups excluding carboxylic acids is 1. The van der Waals surface area contributed by atoms with Gasteiger partial charge >= 0.3 is 5.97 Å². The van der Waals surface area contributed by atoms with Crippen LogP contribution in [0.3, 0.4) is 0 Å². The van der Waals surface area contributed by atoms with Crippen LogP contribution >= 0.6 is 15.9 Å². The van der Waals surface area contributed by atoms with Gasteiger partial charge < -0.3 is 15.8 Å². The van der Waals surface area contributed by atoms with E-state index in [-0.39, 0.29) is 17.1 Å². The number of aromatic nitrogens is 1. The molecule has 0 fully saturated rings. The Morgan fingerprint density at radius 2 is 2.20 bits per heavy atom. The molecule has 2 rings (SSSR count). The van der Waals surface area contributed by atoms with E-state index in [4.69, 9.17) is 5.73 Å². The highest BCUT2D eigenvalue weighted by molar-refractivity contribution is 9.10. The fraction of sp³-hybridized carbons (Fsp3) is 0.0769. The van der Waals surface area contributed by atoms with Crippen LogP contribution in [0.15, 0.2) is 34.9 Å². The second-order valence-electron chi connectivity index (χ2n) is 3.87. The predicted octanol–water partition coefficient (Wildman–Crippen LogP) is 3.10. The van der Waals surface area contributed by atoms with Crippen LogP contribution in [0.1, 0.15) is 10.4 Å². The molecular weight excluding hydrogens is 329 g/mol. The van der Waals surface area contributed by atoms with E-state index in [9.17, 15) is 9.18 Å². The monoisotopic (exact) mass is 339 g/mol. The third-order valence-electron chi connectivity index (χ3n) is 2.58. The van der Waals surface area contributed by atoms with Gasteiger partial charge in [0.2, 0.25) is 0 Å². The number of anilines is 3. The first-order valence-corrected chi connectivity index (χ1v) is 6.37. The minimum absolute atomic E-state index is 0.166. The molecule has 0 saturated heterocycles. The number of hydrogen-bond donors (Lipinski definition) is 2. The highest BCUT2D eigenvalue weighted by Crippen LogP contribution is 2.26. The number of hydrogen-bond acceptors (Lipinski definition) is 5. The van der Waals surface area contributed by atoms with Crippen LogP contribution in [0.25, 0.3) is 0 Å². The fourth-order valence-electron chi connectivity index (χ4n) is 1.57. The first-order chi connectivity index (χ1) is 9.52. The number of carbonyl (C=O) groups is 1. The standard InChI is InChI=1S/C13H11BrFN3O2/c1-20-13(19)8-4-5-17-12(11(8)16)18-7-2-3-10(15)9(14)6-7/h2-6H,16H2,1H3,(H,17,18). The maximum absolute atomic E-state index is 13.2. The summed E-state index contributed by atoms with van der Waals surface area (Å²) in [6, 6.07) is 5.84. The van der Waals surface area contributed by atoms with Crippen molar-refractivity contribution in [1.82, 2.24) is 4.98 Å². The molecule has 1 aromatic heterocycles. The molecule has 3 N–H and O–H groups in total. The lowest BCUT2D eigenvalue weighted by atomic mass is 10.2. The van der Waals surface area contributed by atoms with Gasteiger partial charge in [-0.25, -0.2) is 14.2 Å². The van der Waals surface area contributed by atoms with E-state index in [1.165, 1.54) is 31.5 Å². The number of methoxy groups -OCH3 is 1. The van der Waals surface area contributed by atoms with Gasteiger partial charge in [0.25, 0.3) is 0 Å². The molecule has 0 radical (unpaired) electrons. The number of nitrogen functional groups attached to an aromatic ring is 1. The third-order valence-corrected chi connectivity index (χ3v) is 3.19. The molecule has 104 valence electrons. The minimum atomic E-state index is -0.548. The van der Waals surface area contributed by atoms with Crippen LogP contribution < -0.4 is 11.1 Å². The number of halogens is 2. The summed E-state index contributed by atoms with van der Waals surface area (Å²) < 4.78 is 18.1. The van der Waals surface area contributed by atoms with Crippen molar-refractivity contribution in [2.75, 3.05) is 18.2 Å². The molecular formula is C13H11BrFN3O2. The molecule has 0 atom stereocenters. The van der Waals surface area contributed by atoms with Crippen molar-refractivity contribution in [3.8, 4) is 0 Å². The van der Waals surface area contributed by atoms with Gasteiger partial charge in [-0.2, -0.15) is 0 Å². The van der Waals surface area contributed by atoms with Crippen LogP contribution in [0.2, 0.25) is 0 Å². The molecule has 7 heteroatoms. The second-order valence-corrected chi connectivity index (χ2v) is 4.72. The number of nitrogens with one attached hydrogen (secondary N) is 1. The van der Waals surface area contributed by atoms with Crippen molar-refractivity contribution in [2.24, 2.45) is 0 Å². The van der Waals surface area contributed by atoms with Crippen LogP contribution in [0.5, 0.6) is 0 Å². The van der Waals surface area contributed by atoms with Crippen molar-refractivity contribution in [3.63, 3.8) is 0 Å². The highest BCUT2D eigenvalue weighted by atomic mass is 79.9. The van der Waals surface area contributed by atoms with Gasteiger partial charge in [0, 0.05) is 11.9 Å². The Kier molecular flexibility index (Phi) is 4.19. The van der Waals surface area contributed by atoms with Gasteiger partial charge in [-0.05, 0) is 40.2 Å². The minimum Gasteiger partial charge on any atom is -0.465 e. The summed E-state index contributed by atoms with van der Waals surface area (Å²) in [5.74, 6) is -0.626. The molecule has 0 saturated carbocycles. The lowest BCUT2D eigenvalue weighted by molar-refractivity contribution is 0.0602. The second kappa shape index (κ2) is 5.87. The van der Waals surface area contributed by atoms with Gasteiger partial charge in [-0.1, -0.05) is 0 Å². The summed E-state index contributed by atoms with van der Waals surface area (Å²) in [6.07, 6.45) is 1.43. The zero-order valence-electron chi connectivity index (χ0n) is 10.5. The average Bonchev–Trinajstić information content (AvgIpc) is 2.44. The zero-order chi connectivity index (χ0) is 14.7. The van der Waals surface area contributed by atoms with E-state index in [2.05, 4.69) is 31.0 Å². The number of ether oxygens (including phenoxy) is 1. The number of nitrogens with zero attached hydrogens (tertiary/aromatic N) is 1. The topological polar surface area (TPSA) is 77.2 Å². The normalized spacial score (nSPS) is 10.2. The Hall–Kier alpha value is -2.15. The molecule has 0 aliphatic carbocycles.